The standard InChI is InChI=1S/C23H25ClN4O3/c1-30-17-8-6-16(7-9-17)22(28-10-12-31-13-11-28)15-25-23(29)21-14-20(26-27-21)18-4-2-3-5-19(18)24/h2-9,14,22H,10-13,15H2,1H3,(H,25,29)(H,26,27). The van der Waals surface area contributed by atoms with Crippen molar-refractivity contribution in [3.05, 3.63) is 70.9 Å². The lowest BCUT2D eigenvalue weighted by Crippen LogP contribution is -2.43. The van der Waals surface area contributed by atoms with E-state index in [1.165, 1.54) is 0 Å². The van der Waals surface area contributed by atoms with Crippen LogP contribution >= 0.6 is 11.6 Å². The van der Waals surface area contributed by atoms with Crippen molar-refractivity contribution >= 4 is 17.5 Å². The number of carbonyl (C=O) groups is 1. The van der Waals surface area contributed by atoms with E-state index in [0.29, 0.717) is 36.2 Å². The molecular formula is C23H25ClN4O3. The maximum Gasteiger partial charge on any atom is 0.269 e. The number of morpholine rings is 1. The number of nitrogens with zero attached hydrogens (tertiary/aromatic N) is 2. The monoisotopic (exact) mass is 440 g/mol. The summed E-state index contributed by atoms with van der Waals surface area (Å²) in [6, 6.07) is 17.1. The Labute approximate surface area is 186 Å². The van der Waals surface area contributed by atoms with Crippen molar-refractivity contribution in [2.45, 2.75) is 6.04 Å². The third kappa shape index (κ3) is 5.07. The molecule has 3 aromatic rings. The Morgan fingerprint density at radius 2 is 1.97 bits per heavy atom. The number of aromatic nitrogens is 2. The van der Waals surface area contributed by atoms with Gasteiger partial charge in [-0.3, -0.25) is 14.8 Å². The van der Waals surface area contributed by atoms with E-state index < -0.39 is 0 Å². The number of benzene rings is 2. The van der Waals surface area contributed by atoms with Gasteiger partial charge in [0.1, 0.15) is 11.4 Å². The number of halogens is 1. The van der Waals surface area contributed by atoms with Crippen LogP contribution in [0, 0.1) is 0 Å². The summed E-state index contributed by atoms with van der Waals surface area (Å²) in [4.78, 5) is 15.1. The highest BCUT2D eigenvalue weighted by atomic mass is 35.5. The topological polar surface area (TPSA) is 79.5 Å². The quantitative estimate of drug-likeness (QED) is 0.587. The summed E-state index contributed by atoms with van der Waals surface area (Å²) >= 11 is 6.25. The van der Waals surface area contributed by atoms with Crippen molar-refractivity contribution in [2.24, 2.45) is 0 Å². The van der Waals surface area contributed by atoms with E-state index in [1.54, 1.807) is 19.2 Å². The molecule has 1 unspecified atom stereocenters. The first-order valence-corrected chi connectivity index (χ1v) is 10.6. The van der Waals surface area contributed by atoms with Crippen molar-refractivity contribution in [3.8, 4) is 17.0 Å². The number of rotatable bonds is 7. The molecule has 2 heterocycles. The predicted molar refractivity (Wildman–Crippen MR) is 119 cm³/mol. The van der Waals surface area contributed by atoms with Gasteiger partial charge in [-0.2, -0.15) is 5.10 Å². The molecule has 0 radical (unpaired) electrons. The maximum atomic E-state index is 12.8. The predicted octanol–water partition coefficient (Wildman–Crippen LogP) is 3.54. The molecular weight excluding hydrogens is 416 g/mol. The van der Waals surface area contributed by atoms with E-state index in [2.05, 4.69) is 20.4 Å². The van der Waals surface area contributed by atoms with Gasteiger partial charge in [0.25, 0.3) is 5.91 Å². The van der Waals surface area contributed by atoms with Crippen molar-refractivity contribution in [3.63, 3.8) is 0 Å². The molecule has 31 heavy (non-hydrogen) atoms. The van der Waals surface area contributed by atoms with Crippen molar-refractivity contribution < 1.29 is 14.3 Å². The minimum Gasteiger partial charge on any atom is -0.497 e. The summed E-state index contributed by atoms with van der Waals surface area (Å²) in [5.41, 5.74) is 2.93. The molecule has 1 aliphatic heterocycles. The van der Waals surface area contributed by atoms with E-state index in [9.17, 15) is 4.79 Å². The number of ether oxygens (including phenoxy) is 2. The van der Waals surface area contributed by atoms with Crippen molar-refractivity contribution in [1.82, 2.24) is 20.4 Å². The van der Waals surface area contributed by atoms with Gasteiger partial charge in [0, 0.05) is 25.2 Å². The highest BCUT2D eigenvalue weighted by Gasteiger charge is 2.24. The molecule has 1 aromatic heterocycles. The Morgan fingerprint density at radius 1 is 1.23 bits per heavy atom. The summed E-state index contributed by atoms with van der Waals surface area (Å²) in [5, 5.41) is 10.7. The van der Waals surface area contributed by atoms with Crippen LogP contribution in [0.4, 0.5) is 0 Å². The number of hydrogen-bond donors (Lipinski definition) is 2. The van der Waals surface area contributed by atoms with Crippen LogP contribution in [-0.2, 0) is 4.74 Å². The van der Waals surface area contributed by atoms with E-state index in [4.69, 9.17) is 21.1 Å². The minimum absolute atomic E-state index is 0.0321. The summed E-state index contributed by atoms with van der Waals surface area (Å²) < 4.78 is 10.8. The van der Waals surface area contributed by atoms with Crippen LogP contribution in [0.25, 0.3) is 11.3 Å². The van der Waals surface area contributed by atoms with Crippen LogP contribution in [0.1, 0.15) is 22.1 Å². The van der Waals surface area contributed by atoms with Crippen LogP contribution < -0.4 is 10.1 Å². The average Bonchev–Trinajstić information content (AvgIpc) is 3.31. The first-order valence-electron chi connectivity index (χ1n) is 10.2. The van der Waals surface area contributed by atoms with Crippen LogP contribution in [0.15, 0.2) is 54.6 Å². The number of amides is 1. The fourth-order valence-electron chi connectivity index (χ4n) is 3.70. The molecule has 1 fully saturated rings. The second kappa shape index (κ2) is 9.96. The Morgan fingerprint density at radius 3 is 2.68 bits per heavy atom. The van der Waals surface area contributed by atoms with Gasteiger partial charge >= 0.3 is 0 Å². The number of hydrogen-bond acceptors (Lipinski definition) is 5. The Kier molecular flexibility index (Phi) is 6.86. The Bertz CT molecular complexity index is 1020. The van der Waals surface area contributed by atoms with E-state index >= 15 is 0 Å². The summed E-state index contributed by atoms with van der Waals surface area (Å²) in [7, 11) is 1.65. The van der Waals surface area contributed by atoms with Gasteiger partial charge in [-0.05, 0) is 29.8 Å². The zero-order valence-electron chi connectivity index (χ0n) is 17.3. The van der Waals surface area contributed by atoms with Crippen molar-refractivity contribution in [1.29, 1.82) is 0 Å². The smallest absolute Gasteiger partial charge is 0.269 e. The molecule has 0 bridgehead atoms. The number of aromatic amines is 1. The highest BCUT2D eigenvalue weighted by molar-refractivity contribution is 6.33. The average molecular weight is 441 g/mol. The summed E-state index contributed by atoms with van der Waals surface area (Å²) in [5.74, 6) is 0.593. The molecule has 2 N–H and O–H groups in total. The van der Waals surface area contributed by atoms with E-state index in [-0.39, 0.29) is 11.9 Å². The fourth-order valence-corrected chi connectivity index (χ4v) is 3.94. The molecule has 0 aliphatic carbocycles. The van der Waals surface area contributed by atoms with Crippen LogP contribution in [0.5, 0.6) is 5.75 Å². The lowest BCUT2D eigenvalue weighted by atomic mass is 10.0. The zero-order valence-corrected chi connectivity index (χ0v) is 18.1. The van der Waals surface area contributed by atoms with Crippen LogP contribution in [-0.4, -0.2) is 61.0 Å². The SMILES string of the molecule is COc1ccc(C(CNC(=O)c2cc(-c3ccccc3Cl)n[nH]2)N2CCOCC2)cc1. The van der Waals surface area contributed by atoms with E-state index in [1.807, 2.05) is 42.5 Å². The molecule has 1 atom stereocenters. The number of methoxy groups -OCH3 is 1. The van der Waals surface area contributed by atoms with Gasteiger partial charge in [0.05, 0.1) is 37.1 Å². The molecule has 0 saturated carbocycles. The molecule has 8 heteroatoms. The number of nitrogens with one attached hydrogen (secondary N) is 2. The van der Waals surface area contributed by atoms with Gasteiger partial charge < -0.3 is 14.8 Å². The number of carbonyl (C=O) groups excluding carboxylic acids is 1. The molecule has 4 rings (SSSR count). The van der Waals surface area contributed by atoms with Gasteiger partial charge in [-0.15, -0.1) is 0 Å². The van der Waals surface area contributed by atoms with Gasteiger partial charge in [0.2, 0.25) is 0 Å². The van der Waals surface area contributed by atoms with Crippen LogP contribution in [0.3, 0.4) is 0 Å². The fraction of sp³-hybridized carbons (Fsp3) is 0.304. The second-order valence-corrected chi connectivity index (χ2v) is 7.70. The van der Waals surface area contributed by atoms with Crippen LogP contribution in [0.2, 0.25) is 5.02 Å². The third-order valence-corrected chi connectivity index (χ3v) is 5.74. The lowest BCUT2D eigenvalue weighted by Gasteiger charge is -2.35. The highest BCUT2D eigenvalue weighted by Crippen LogP contribution is 2.27. The summed E-state index contributed by atoms with van der Waals surface area (Å²) in [6.45, 7) is 3.46. The zero-order chi connectivity index (χ0) is 21.6. The van der Waals surface area contributed by atoms with Crippen molar-refractivity contribution in [2.75, 3.05) is 40.0 Å². The van der Waals surface area contributed by atoms with Gasteiger partial charge in [0.15, 0.2) is 0 Å². The molecule has 0 spiro atoms. The summed E-state index contributed by atoms with van der Waals surface area (Å²) in [6.07, 6.45) is 0. The molecule has 7 nitrogen and oxygen atoms in total. The Balaban J connectivity index is 1.47. The lowest BCUT2D eigenvalue weighted by molar-refractivity contribution is 0.0162. The normalized spacial score (nSPS) is 15.4. The van der Waals surface area contributed by atoms with Gasteiger partial charge in [-0.1, -0.05) is 41.9 Å². The Hall–Kier alpha value is -2.87. The van der Waals surface area contributed by atoms with Gasteiger partial charge in [-0.25, -0.2) is 0 Å². The maximum absolute atomic E-state index is 12.8. The minimum atomic E-state index is -0.211. The molecule has 1 amide bonds. The molecule has 1 aliphatic rings. The number of H-pyrrole nitrogens is 1. The third-order valence-electron chi connectivity index (χ3n) is 5.42. The second-order valence-electron chi connectivity index (χ2n) is 7.29. The molecule has 2 aromatic carbocycles. The molecule has 162 valence electrons. The largest absolute Gasteiger partial charge is 0.497 e. The first kappa shape index (κ1) is 21.4. The van der Waals surface area contributed by atoms with E-state index in [0.717, 1.165) is 30.0 Å². The molecule has 1 saturated heterocycles. The first-order chi connectivity index (χ1) is 15.2.